The van der Waals surface area contributed by atoms with Crippen LogP contribution in [-0.2, 0) is 4.79 Å². The first-order valence-corrected chi connectivity index (χ1v) is 6.72. The Morgan fingerprint density at radius 2 is 1.86 bits per heavy atom. The number of hydrogen-bond acceptors (Lipinski definition) is 5. The summed E-state index contributed by atoms with van der Waals surface area (Å²) in [7, 11) is 0. The summed E-state index contributed by atoms with van der Waals surface area (Å²) in [5, 5.41) is 18.8. The van der Waals surface area contributed by atoms with E-state index in [1.165, 1.54) is 4.90 Å². The first-order valence-electron chi connectivity index (χ1n) is 6.72. The van der Waals surface area contributed by atoms with E-state index < -0.39 is 0 Å². The van der Waals surface area contributed by atoms with E-state index in [-0.39, 0.29) is 38.8 Å². The molecular weight excluding hydrogens is 272 g/mol. The first-order chi connectivity index (χ1) is 10.3. The lowest BCUT2D eigenvalue weighted by molar-refractivity contribution is -0.134. The van der Waals surface area contributed by atoms with Crippen molar-refractivity contribution < 1.29 is 19.7 Å². The number of amides is 1. The largest absolute Gasteiger partial charge is 0.481 e. The van der Waals surface area contributed by atoms with E-state index in [1.807, 2.05) is 24.3 Å². The van der Waals surface area contributed by atoms with Gasteiger partial charge in [0.1, 0.15) is 11.3 Å². The lowest BCUT2D eigenvalue weighted by Crippen LogP contribution is -2.38. The van der Waals surface area contributed by atoms with Crippen molar-refractivity contribution in [1.82, 2.24) is 9.88 Å². The minimum atomic E-state index is -0.286. The Morgan fingerprint density at radius 1 is 1.14 bits per heavy atom. The predicted molar refractivity (Wildman–Crippen MR) is 78.0 cm³/mol. The zero-order valence-electron chi connectivity index (χ0n) is 11.6. The highest BCUT2D eigenvalue weighted by Crippen LogP contribution is 2.22. The smallest absolute Gasteiger partial charge is 0.260 e. The number of aliphatic hydroxyl groups excluding tert-OH is 2. The Morgan fingerprint density at radius 3 is 2.57 bits per heavy atom. The molecule has 0 aliphatic heterocycles. The monoisotopic (exact) mass is 290 g/mol. The van der Waals surface area contributed by atoms with Crippen molar-refractivity contribution in [2.24, 2.45) is 0 Å². The fraction of sp³-hybridized carbons (Fsp3) is 0.333. The lowest BCUT2D eigenvalue weighted by Gasteiger charge is -2.20. The van der Waals surface area contributed by atoms with Gasteiger partial charge in [0, 0.05) is 24.7 Å². The maximum atomic E-state index is 12.0. The molecule has 1 aromatic heterocycles. The van der Waals surface area contributed by atoms with Gasteiger partial charge in [-0.3, -0.25) is 9.78 Å². The summed E-state index contributed by atoms with van der Waals surface area (Å²) in [6.07, 6.45) is 1.67. The lowest BCUT2D eigenvalue weighted by atomic mass is 10.2. The van der Waals surface area contributed by atoms with Crippen LogP contribution in [0.4, 0.5) is 0 Å². The molecule has 0 unspecified atom stereocenters. The van der Waals surface area contributed by atoms with Crippen LogP contribution < -0.4 is 4.74 Å². The zero-order chi connectivity index (χ0) is 15.1. The predicted octanol–water partition coefficient (Wildman–Crippen LogP) is 0.427. The molecule has 0 atom stereocenters. The summed E-state index contributed by atoms with van der Waals surface area (Å²) in [6, 6.07) is 9.26. The quantitative estimate of drug-likeness (QED) is 0.772. The first kappa shape index (κ1) is 15.2. The minimum Gasteiger partial charge on any atom is -0.481 e. The Balaban J connectivity index is 2.05. The van der Waals surface area contributed by atoms with Crippen molar-refractivity contribution in [2.75, 3.05) is 32.9 Å². The van der Waals surface area contributed by atoms with E-state index in [1.54, 1.807) is 12.3 Å². The molecule has 21 heavy (non-hydrogen) atoms. The summed E-state index contributed by atoms with van der Waals surface area (Å²) in [5.41, 5.74) is 0.698. The second kappa shape index (κ2) is 7.56. The number of hydrogen-bond donors (Lipinski definition) is 2. The van der Waals surface area contributed by atoms with Gasteiger partial charge in [0.2, 0.25) is 0 Å². The van der Waals surface area contributed by atoms with Gasteiger partial charge in [-0.1, -0.05) is 18.2 Å². The highest BCUT2D eigenvalue weighted by molar-refractivity contribution is 5.85. The van der Waals surface area contributed by atoms with Crippen molar-refractivity contribution in [3.63, 3.8) is 0 Å². The SMILES string of the molecule is O=C(COc1cccc2cccnc12)N(CCO)CCO. The van der Waals surface area contributed by atoms with Gasteiger partial charge >= 0.3 is 0 Å². The topological polar surface area (TPSA) is 82.9 Å². The molecule has 6 heteroatoms. The molecule has 0 aliphatic carbocycles. The summed E-state index contributed by atoms with van der Waals surface area (Å²) in [5.74, 6) is 0.250. The molecule has 2 N–H and O–H groups in total. The minimum absolute atomic E-state index is 0.151. The van der Waals surface area contributed by atoms with Gasteiger partial charge in [0.05, 0.1) is 13.2 Å². The average molecular weight is 290 g/mol. The molecule has 0 saturated carbocycles. The van der Waals surface area contributed by atoms with E-state index in [0.29, 0.717) is 11.3 Å². The summed E-state index contributed by atoms with van der Waals surface area (Å²) >= 11 is 0. The van der Waals surface area contributed by atoms with Crippen LogP contribution in [0.2, 0.25) is 0 Å². The maximum Gasteiger partial charge on any atom is 0.260 e. The molecule has 1 aromatic carbocycles. The van der Waals surface area contributed by atoms with Crippen LogP contribution in [0.5, 0.6) is 5.75 Å². The third kappa shape index (κ3) is 3.90. The number of carbonyl (C=O) groups is 1. The normalized spacial score (nSPS) is 10.6. The molecule has 2 rings (SSSR count). The van der Waals surface area contributed by atoms with Gasteiger partial charge in [-0.05, 0) is 12.1 Å². The summed E-state index contributed by atoms with van der Waals surface area (Å²) in [6.45, 7) is -0.105. The van der Waals surface area contributed by atoms with Gasteiger partial charge in [-0.25, -0.2) is 0 Å². The number of benzene rings is 1. The molecular formula is C15H18N2O4. The highest BCUT2D eigenvalue weighted by Gasteiger charge is 2.14. The number of pyridine rings is 1. The summed E-state index contributed by atoms with van der Waals surface area (Å²) in [4.78, 5) is 17.6. The van der Waals surface area contributed by atoms with E-state index in [2.05, 4.69) is 4.98 Å². The van der Waals surface area contributed by atoms with Crippen LogP contribution in [0, 0.1) is 0 Å². The zero-order valence-corrected chi connectivity index (χ0v) is 11.6. The van der Waals surface area contributed by atoms with Gasteiger partial charge in [0.15, 0.2) is 6.61 Å². The van der Waals surface area contributed by atoms with Crippen LogP contribution in [0.25, 0.3) is 10.9 Å². The number of aliphatic hydroxyl groups is 2. The third-order valence-electron chi connectivity index (χ3n) is 3.04. The number of para-hydroxylation sites is 1. The van der Waals surface area contributed by atoms with Crippen molar-refractivity contribution in [2.45, 2.75) is 0 Å². The van der Waals surface area contributed by atoms with Crippen molar-refractivity contribution in [1.29, 1.82) is 0 Å². The number of nitrogens with zero attached hydrogens (tertiary/aromatic N) is 2. The van der Waals surface area contributed by atoms with Crippen molar-refractivity contribution in [3.8, 4) is 5.75 Å². The third-order valence-corrected chi connectivity index (χ3v) is 3.04. The van der Waals surface area contributed by atoms with E-state index >= 15 is 0 Å². The fourth-order valence-electron chi connectivity index (χ4n) is 2.03. The van der Waals surface area contributed by atoms with Crippen LogP contribution >= 0.6 is 0 Å². The maximum absolute atomic E-state index is 12.0. The van der Waals surface area contributed by atoms with Gasteiger partial charge < -0.3 is 19.8 Å². The molecule has 0 spiro atoms. The number of carbonyl (C=O) groups excluding carboxylic acids is 1. The van der Waals surface area contributed by atoms with Crippen LogP contribution in [0.15, 0.2) is 36.5 Å². The molecule has 2 aromatic rings. The number of rotatable bonds is 7. The Labute approximate surface area is 122 Å². The number of aromatic nitrogens is 1. The fourth-order valence-corrected chi connectivity index (χ4v) is 2.03. The highest BCUT2D eigenvalue weighted by atomic mass is 16.5. The van der Waals surface area contributed by atoms with Crippen molar-refractivity contribution in [3.05, 3.63) is 36.5 Å². The molecule has 6 nitrogen and oxygen atoms in total. The average Bonchev–Trinajstić information content (AvgIpc) is 2.52. The van der Waals surface area contributed by atoms with Gasteiger partial charge in [0.25, 0.3) is 5.91 Å². The second-order valence-electron chi connectivity index (χ2n) is 4.45. The molecule has 112 valence electrons. The molecule has 0 bridgehead atoms. The molecule has 0 saturated heterocycles. The molecule has 0 radical (unpaired) electrons. The Bertz CT molecular complexity index is 592. The molecule has 1 heterocycles. The number of fused-ring (bicyclic) bond motifs is 1. The second-order valence-corrected chi connectivity index (χ2v) is 4.45. The van der Waals surface area contributed by atoms with E-state index in [4.69, 9.17) is 14.9 Å². The van der Waals surface area contributed by atoms with Crippen LogP contribution in [-0.4, -0.2) is 58.9 Å². The molecule has 0 aliphatic rings. The molecule has 1 amide bonds. The Kier molecular flexibility index (Phi) is 5.48. The van der Waals surface area contributed by atoms with E-state index in [9.17, 15) is 4.79 Å². The van der Waals surface area contributed by atoms with Gasteiger partial charge in [-0.15, -0.1) is 0 Å². The van der Waals surface area contributed by atoms with E-state index in [0.717, 1.165) is 5.39 Å². The van der Waals surface area contributed by atoms with Crippen molar-refractivity contribution >= 4 is 16.8 Å². The Hall–Kier alpha value is -2.18. The van der Waals surface area contributed by atoms with Gasteiger partial charge in [-0.2, -0.15) is 0 Å². The van der Waals surface area contributed by atoms with Crippen LogP contribution in [0.3, 0.4) is 0 Å². The standard InChI is InChI=1S/C15H18N2O4/c18-9-7-17(8-10-19)14(20)11-21-13-5-1-3-12-4-2-6-16-15(12)13/h1-6,18-19H,7-11H2. The number of ether oxygens (including phenoxy) is 1. The van der Waals surface area contributed by atoms with Crippen LogP contribution in [0.1, 0.15) is 0 Å². The summed E-state index contributed by atoms with van der Waals surface area (Å²) < 4.78 is 5.54. The molecule has 0 fully saturated rings.